The third-order valence-corrected chi connectivity index (χ3v) is 2.78. The summed E-state index contributed by atoms with van der Waals surface area (Å²) < 4.78 is 0.985. The number of hydrogen-bond acceptors (Lipinski definition) is 2. The molecule has 17 heavy (non-hydrogen) atoms. The zero-order valence-electron chi connectivity index (χ0n) is 8.72. The lowest BCUT2D eigenvalue weighted by atomic mass is 10.2. The second-order valence-electron chi connectivity index (χ2n) is 3.34. The molecule has 2 nitrogen and oxygen atoms in total. The van der Waals surface area contributed by atoms with Crippen LogP contribution in [-0.4, -0.2) is 4.05 Å². The van der Waals surface area contributed by atoms with Crippen LogP contribution in [0.5, 0.6) is 0 Å². The summed E-state index contributed by atoms with van der Waals surface area (Å²) in [6.45, 7) is 0. The second kappa shape index (κ2) is 5.61. The van der Waals surface area contributed by atoms with E-state index in [9.17, 15) is 0 Å². The van der Waals surface area contributed by atoms with Gasteiger partial charge < -0.3 is 0 Å². The zero-order valence-corrected chi connectivity index (χ0v) is 11.0. The van der Waals surface area contributed by atoms with E-state index in [2.05, 4.69) is 0 Å². The highest BCUT2D eigenvalue weighted by Crippen LogP contribution is 2.30. The van der Waals surface area contributed by atoms with E-state index in [-0.39, 0.29) is 0 Å². The maximum Gasteiger partial charge on any atom is 0.0607 e. The first-order valence-electron chi connectivity index (χ1n) is 4.91. The minimum absolute atomic E-state index is 0.664. The smallest absolute Gasteiger partial charge is 0.0607 e. The lowest BCUT2D eigenvalue weighted by Crippen LogP contribution is -2.24. The van der Waals surface area contributed by atoms with Crippen LogP contribution in [0.25, 0.3) is 0 Å². The molecule has 0 saturated heterocycles. The Morgan fingerprint density at radius 1 is 0.706 bits per heavy atom. The van der Waals surface area contributed by atoms with Crippen LogP contribution in [0.15, 0.2) is 54.6 Å². The minimum atomic E-state index is 0.664. The van der Waals surface area contributed by atoms with Gasteiger partial charge in [-0.3, -0.25) is 0 Å². The van der Waals surface area contributed by atoms with Crippen LogP contribution >= 0.6 is 35.2 Å². The Morgan fingerprint density at radius 2 is 1.24 bits per heavy atom. The highest BCUT2D eigenvalue weighted by atomic mass is 35.5. The molecular weight excluding hydrogens is 279 g/mol. The maximum atomic E-state index is 5.84. The predicted octanol–water partition coefficient (Wildman–Crippen LogP) is 5.00. The third-order valence-electron chi connectivity index (χ3n) is 2.22. The average Bonchev–Trinajstić information content (AvgIpc) is 2.33. The van der Waals surface area contributed by atoms with Crippen LogP contribution in [0.3, 0.4) is 0 Å². The standard InChI is InChI=1S/C12H9Cl3N2/c13-10-6-8-12(9-7-10)16(17(14)15)11-4-2-1-3-5-11/h1-9H. The number of anilines is 2. The molecule has 0 atom stereocenters. The molecular formula is C12H9Cl3N2. The first kappa shape index (κ1) is 12.5. The van der Waals surface area contributed by atoms with Gasteiger partial charge in [-0.25, -0.2) is 5.01 Å². The van der Waals surface area contributed by atoms with Crippen molar-refractivity contribution in [3.8, 4) is 0 Å². The van der Waals surface area contributed by atoms with Gasteiger partial charge in [-0.1, -0.05) is 29.8 Å². The van der Waals surface area contributed by atoms with Crippen molar-refractivity contribution in [3.05, 3.63) is 59.6 Å². The molecule has 0 aliphatic rings. The van der Waals surface area contributed by atoms with Gasteiger partial charge in [0.1, 0.15) is 0 Å². The normalized spacial score (nSPS) is 10.6. The second-order valence-corrected chi connectivity index (χ2v) is 4.59. The van der Waals surface area contributed by atoms with Crippen LogP contribution in [0.2, 0.25) is 5.02 Å². The predicted molar refractivity (Wildman–Crippen MR) is 73.6 cm³/mol. The molecule has 5 heteroatoms. The molecule has 0 spiro atoms. The van der Waals surface area contributed by atoms with Crippen LogP contribution < -0.4 is 5.01 Å². The van der Waals surface area contributed by atoms with Gasteiger partial charge in [0.25, 0.3) is 0 Å². The van der Waals surface area contributed by atoms with Crippen molar-refractivity contribution in [1.29, 1.82) is 0 Å². The van der Waals surface area contributed by atoms with Crippen molar-refractivity contribution in [3.63, 3.8) is 0 Å². The molecule has 0 aliphatic carbocycles. The summed E-state index contributed by atoms with van der Waals surface area (Å²) in [5.74, 6) is 0. The summed E-state index contributed by atoms with van der Waals surface area (Å²) in [6.07, 6.45) is 0. The molecule has 0 unspecified atom stereocenters. The Balaban J connectivity index is 2.39. The molecule has 0 fully saturated rings. The van der Waals surface area contributed by atoms with Crippen molar-refractivity contribution in [1.82, 2.24) is 4.05 Å². The molecule has 2 aromatic rings. The lowest BCUT2D eigenvalue weighted by Gasteiger charge is -2.26. The molecule has 88 valence electrons. The quantitative estimate of drug-likeness (QED) is 0.579. The van der Waals surface area contributed by atoms with Gasteiger partial charge in [-0.15, -0.1) is 0 Å². The Kier molecular flexibility index (Phi) is 4.13. The fraction of sp³-hybridized carbons (Fsp3) is 0. The molecule has 0 aromatic heterocycles. The molecule has 0 saturated carbocycles. The van der Waals surface area contributed by atoms with E-state index in [0.29, 0.717) is 5.02 Å². The molecule has 2 aromatic carbocycles. The number of halogens is 3. The van der Waals surface area contributed by atoms with E-state index in [0.717, 1.165) is 15.4 Å². The minimum Gasteiger partial charge on any atom is -0.246 e. The highest BCUT2D eigenvalue weighted by molar-refractivity contribution is 6.35. The summed E-state index contributed by atoms with van der Waals surface area (Å²) in [5, 5.41) is 2.32. The number of para-hydroxylation sites is 1. The molecule has 0 aliphatic heterocycles. The Bertz CT molecular complexity index is 471. The van der Waals surface area contributed by atoms with E-state index in [1.54, 1.807) is 17.1 Å². The maximum absolute atomic E-state index is 5.84. The summed E-state index contributed by atoms with van der Waals surface area (Å²) >= 11 is 17.5. The highest BCUT2D eigenvalue weighted by Gasteiger charge is 2.14. The Morgan fingerprint density at radius 3 is 1.76 bits per heavy atom. The van der Waals surface area contributed by atoms with Crippen LogP contribution in [0, 0.1) is 0 Å². The number of hydrogen-bond donors (Lipinski definition) is 0. The molecule has 0 N–H and O–H groups in total. The Labute approximate surface area is 115 Å². The van der Waals surface area contributed by atoms with E-state index >= 15 is 0 Å². The van der Waals surface area contributed by atoms with Crippen LogP contribution in [-0.2, 0) is 0 Å². The monoisotopic (exact) mass is 286 g/mol. The summed E-state index contributed by atoms with van der Waals surface area (Å²) in [7, 11) is 0. The van der Waals surface area contributed by atoms with Crippen molar-refractivity contribution >= 4 is 46.5 Å². The molecule has 0 heterocycles. The van der Waals surface area contributed by atoms with Gasteiger partial charge in [0.15, 0.2) is 0 Å². The van der Waals surface area contributed by atoms with E-state index in [1.807, 2.05) is 42.5 Å². The van der Waals surface area contributed by atoms with Crippen molar-refractivity contribution in [2.24, 2.45) is 0 Å². The van der Waals surface area contributed by atoms with Crippen molar-refractivity contribution in [2.45, 2.75) is 0 Å². The van der Waals surface area contributed by atoms with E-state index in [1.165, 1.54) is 0 Å². The lowest BCUT2D eigenvalue weighted by molar-refractivity contribution is 0.723. The van der Waals surface area contributed by atoms with Crippen LogP contribution in [0.4, 0.5) is 11.4 Å². The van der Waals surface area contributed by atoms with Gasteiger partial charge in [0.2, 0.25) is 0 Å². The van der Waals surface area contributed by atoms with Gasteiger partial charge in [0.05, 0.1) is 11.4 Å². The third kappa shape index (κ3) is 3.05. The molecule has 2 rings (SSSR count). The Hall–Kier alpha value is -0.930. The topological polar surface area (TPSA) is 6.48 Å². The summed E-state index contributed by atoms with van der Waals surface area (Å²) in [5.41, 5.74) is 1.69. The van der Waals surface area contributed by atoms with Crippen molar-refractivity contribution < 1.29 is 0 Å². The van der Waals surface area contributed by atoms with Gasteiger partial charge in [-0.2, -0.15) is 0 Å². The fourth-order valence-electron chi connectivity index (χ4n) is 1.48. The average molecular weight is 288 g/mol. The van der Waals surface area contributed by atoms with E-state index < -0.39 is 0 Å². The summed E-state index contributed by atoms with van der Waals surface area (Å²) in [4.78, 5) is 0. The van der Waals surface area contributed by atoms with Gasteiger partial charge in [0, 0.05) is 28.6 Å². The first-order chi connectivity index (χ1) is 8.18. The zero-order chi connectivity index (χ0) is 12.3. The number of benzene rings is 2. The number of nitrogens with zero attached hydrogens (tertiary/aromatic N) is 2. The van der Waals surface area contributed by atoms with Gasteiger partial charge >= 0.3 is 0 Å². The molecule has 0 bridgehead atoms. The molecule has 0 amide bonds. The number of rotatable bonds is 3. The number of hydrazine groups is 1. The largest absolute Gasteiger partial charge is 0.246 e. The SMILES string of the molecule is Clc1ccc(N(c2ccccc2)N(Cl)Cl)cc1. The van der Waals surface area contributed by atoms with Crippen LogP contribution in [0.1, 0.15) is 0 Å². The first-order valence-corrected chi connectivity index (χ1v) is 5.96. The van der Waals surface area contributed by atoms with Crippen molar-refractivity contribution in [2.75, 3.05) is 5.01 Å². The van der Waals surface area contributed by atoms with Gasteiger partial charge in [-0.05, 0) is 40.4 Å². The fourth-order valence-corrected chi connectivity index (χ4v) is 1.95. The molecule has 0 radical (unpaired) electrons. The summed E-state index contributed by atoms with van der Waals surface area (Å²) in [6, 6.07) is 16.8. The van der Waals surface area contributed by atoms with E-state index in [4.69, 9.17) is 35.2 Å².